The molecule has 2 N–H and O–H groups in total. The Hall–Kier alpha value is -1.56. The smallest absolute Gasteiger partial charge is 0.117 e. The molecule has 0 radical (unpaired) electrons. The summed E-state index contributed by atoms with van der Waals surface area (Å²) >= 11 is 2.37. The van der Waals surface area contributed by atoms with Gasteiger partial charge in [0.25, 0.3) is 0 Å². The second-order valence-electron chi connectivity index (χ2n) is 5.16. The van der Waals surface area contributed by atoms with Crippen molar-refractivity contribution in [1.82, 2.24) is 9.55 Å². The van der Waals surface area contributed by atoms with E-state index in [9.17, 15) is 0 Å². The third-order valence-corrected chi connectivity index (χ3v) is 4.23. The van der Waals surface area contributed by atoms with E-state index in [1.807, 2.05) is 18.2 Å². The fraction of sp³-hybridized carbons (Fsp3) is 0.188. The van der Waals surface area contributed by atoms with E-state index in [-0.39, 0.29) is 0 Å². The van der Waals surface area contributed by atoms with Crippen molar-refractivity contribution in [2.45, 2.75) is 19.8 Å². The van der Waals surface area contributed by atoms with Gasteiger partial charge in [0.15, 0.2) is 0 Å². The molecule has 0 bridgehead atoms. The van der Waals surface area contributed by atoms with Crippen LogP contribution < -0.4 is 5.73 Å². The quantitative estimate of drug-likeness (QED) is 0.534. The zero-order valence-electron chi connectivity index (χ0n) is 11.5. The zero-order chi connectivity index (χ0) is 14.3. The van der Waals surface area contributed by atoms with Gasteiger partial charge in [-0.3, -0.25) is 4.57 Å². The molecule has 4 heteroatoms. The number of nitrogens with two attached hydrogens (primary N) is 1. The van der Waals surface area contributed by atoms with Gasteiger partial charge in [0.2, 0.25) is 0 Å². The van der Waals surface area contributed by atoms with Gasteiger partial charge >= 0.3 is 0 Å². The minimum Gasteiger partial charge on any atom is -0.399 e. The fourth-order valence-corrected chi connectivity index (χ4v) is 3.02. The van der Waals surface area contributed by atoms with Crippen LogP contribution in [0.4, 0.5) is 5.69 Å². The summed E-state index contributed by atoms with van der Waals surface area (Å²) < 4.78 is 3.45. The van der Waals surface area contributed by atoms with E-state index >= 15 is 0 Å². The minimum atomic E-state index is 0.347. The molecular weight excluding hydrogens is 361 g/mol. The number of para-hydroxylation sites is 1. The molecule has 0 amide bonds. The lowest BCUT2D eigenvalue weighted by molar-refractivity contribution is 0.759. The molecule has 2 aromatic carbocycles. The van der Waals surface area contributed by atoms with Crippen LogP contribution in [-0.2, 0) is 0 Å². The number of nitrogen functional groups attached to an aromatic ring is 1. The predicted molar refractivity (Wildman–Crippen MR) is 92.3 cm³/mol. The first kappa shape index (κ1) is 13.4. The molecule has 20 heavy (non-hydrogen) atoms. The van der Waals surface area contributed by atoms with Crippen LogP contribution in [0.2, 0.25) is 0 Å². The molecule has 102 valence electrons. The second-order valence-corrected chi connectivity index (χ2v) is 6.32. The SMILES string of the molecule is CC(C)c1nc2cc(N)ccc2n1-c1ccccc1I. The van der Waals surface area contributed by atoms with Crippen LogP contribution >= 0.6 is 22.6 Å². The lowest BCUT2D eigenvalue weighted by atomic mass is 10.2. The summed E-state index contributed by atoms with van der Waals surface area (Å²) in [5, 5.41) is 0. The van der Waals surface area contributed by atoms with Gasteiger partial charge in [-0.05, 0) is 52.9 Å². The highest BCUT2D eigenvalue weighted by molar-refractivity contribution is 14.1. The number of anilines is 1. The maximum Gasteiger partial charge on any atom is 0.117 e. The number of hydrogen-bond donors (Lipinski definition) is 1. The molecule has 3 aromatic rings. The van der Waals surface area contributed by atoms with Gasteiger partial charge in [0.1, 0.15) is 5.82 Å². The monoisotopic (exact) mass is 377 g/mol. The van der Waals surface area contributed by atoms with E-state index in [4.69, 9.17) is 10.7 Å². The molecule has 0 unspecified atom stereocenters. The first-order valence-corrected chi connectivity index (χ1v) is 7.68. The Labute approximate surface area is 132 Å². The van der Waals surface area contributed by atoms with Crippen molar-refractivity contribution in [2.24, 2.45) is 0 Å². The Bertz CT molecular complexity index is 774. The summed E-state index contributed by atoms with van der Waals surface area (Å²) in [7, 11) is 0. The van der Waals surface area contributed by atoms with E-state index in [0.717, 1.165) is 22.5 Å². The van der Waals surface area contributed by atoms with Gasteiger partial charge in [-0.25, -0.2) is 4.98 Å². The summed E-state index contributed by atoms with van der Waals surface area (Å²) in [5.74, 6) is 1.41. The number of hydrogen-bond acceptors (Lipinski definition) is 2. The molecule has 0 saturated heterocycles. The number of fused-ring (bicyclic) bond motifs is 1. The van der Waals surface area contributed by atoms with Crippen LogP contribution in [0.3, 0.4) is 0 Å². The molecule has 3 nitrogen and oxygen atoms in total. The van der Waals surface area contributed by atoms with Gasteiger partial charge in [-0.2, -0.15) is 0 Å². The molecule has 1 heterocycles. The molecule has 0 fully saturated rings. The van der Waals surface area contributed by atoms with Crippen LogP contribution in [0.5, 0.6) is 0 Å². The molecule has 0 aliphatic carbocycles. The molecule has 0 atom stereocenters. The highest BCUT2D eigenvalue weighted by Gasteiger charge is 2.16. The van der Waals surface area contributed by atoms with Crippen molar-refractivity contribution in [1.29, 1.82) is 0 Å². The van der Waals surface area contributed by atoms with Crippen LogP contribution in [0, 0.1) is 3.57 Å². The van der Waals surface area contributed by atoms with E-state index in [1.165, 1.54) is 9.26 Å². The molecule has 0 spiro atoms. The minimum absolute atomic E-state index is 0.347. The van der Waals surface area contributed by atoms with E-state index in [2.05, 4.69) is 65.3 Å². The normalized spacial score (nSPS) is 11.4. The molecule has 3 rings (SSSR count). The predicted octanol–water partition coefficient (Wildman–Crippen LogP) is 4.34. The van der Waals surface area contributed by atoms with Gasteiger partial charge < -0.3 is 5.73 Å². The highest BCUT2D eigenvalue weighted by atomic mass is 127. The molecule has 0 saturated carbocycles. The summed E-state index contributed by atoms with van der Waals surface area (Å²) in [6.45, 7) is 4.33. The maximum atomic E-state index is 5.88. The van der Waals surface area contributed by atoms with Gasteiger partial charge in [0, 0.05) is 15.2 Å². The number of halogens is 1. The summed E-state index contributed by atoms with van der Waals surface area (Å²) in [6.07, 6.45) is 0. The Morgan fingerprint density at radius 3 is 2.60 bits per heavy atom. The average molecular weight is 377 g/mol. The van der Waals surface area contributed by atoms with E-state index in [0.29, 0.717) is 5.92 Å². The first-order valence-electron chi connectivity index (χ1n) is 6.60. The van der Waals surface area contributed by atoms with Crippen molar-refractivity contribution in [3.63, 3.8) is 0 Å². The number of aromatic nitrogens is 2. The lowest BCUT2D eigenvalue weighted by Gasteiger charge is -2.13. The van der Waals surface area contributed by atoms with Crippen molar-refractivity contribution in [2.75, 3.05) is 5.73 Å². The highest BCUT2D eigenvalue weighted by Crippen LogP contribution is 2.29. The second kappa shape index (κ2) is 5.09. The largest absolute Gasteiger partial charge is 0.399 e. The van der Waals surface area contributed by atoms with Crippen molar-refractivity contribution < 1.29 is 0 Å². The number of nitrogens with zero attached hydrogens (tertiary/aromatic N) is 2. The standard InChI is InChI=1S/C16H16IN3/c1-10(2)16-19-13-9-11(18)7-8-15(13)20(16)14-6-4-3-5-12(14)17/h3-10H,18H2,1-2H3. The Kier molecular flexibility index (Phi) is 3.41. The van der Waals surface area contributed by atoms with Crippen LogP contribution in [0.1, 0.15) is 25.6 Å². The fourth-order valence-electron chi connectivity index (χ4n) is 2.39. The summed E-state index contributed by atoms with van der Waals surface area (Å²) in [4.78, 5) is 4.77. The van der Waals surface area contributed by atoms with Crippen molar-refractivity contribution >= 4 is 39.3 Å². The Morgan fingerprint density at radius 1 is 1.15 bits per heavy atom. The van der Waals surface area contributed by atoms with Crippen LogP contribution in [0.25, 0.3) is 16.7 Å². The molecule has 0 aliphatic heterocycles. The maximum absolute atomic E-state index is 5.88. The van der Waals surface area contributed by atoms with Gasteiger partial charge in [-0.1, -0.05) is 26.0 Å². The first-order chi connectivity index (χ1) is 9.58. The summed E-state index contributed by atoms with van der Waals surface area (Å²) in [6, 6.07) is 14.3. The number of rotatable bonds is 2. The third-order valence-electron chi connectivity index (χ3n) is 3.31. The van der Waals surface area contributed by atoms with Crippen molar-refractivity contribution in [3.05, 3.63) is 51.9 Å². The lowest BCUT2D eigenvalue weighted by Crippen LogP contribution is -2.04. The summed E-state index contributed by atoms with van der Waals surface area (Å²) in [5.41, 5.74) is 9.85. The third kappa shape index (κ3) is 2.18. The van der Waals surface area contributed by atoms with E-state index in [1.54, 1.807) is 0 Å². The molecular formula is C16H16IN3. The van der Waals surface area contributed by atoms with Gasteiger partial charge in [0.05, 0.1) is 16.7 Å². The van der Waals surface area contributed by atoms with Crippen LogP contribution in [-0.4, -0.2) is 9.55 Å². The van der Waals surface area contributed by atoms with Crippen LogP contribution in [0.15, 0.2) is 42.5 Å². The molecule has 1 aromatic heterocycles. The number of benzene rings is 2. The van der Waals surface area contributed by atoms with Gasteiger partial charge in [-0.15, -0.1) is 0 Å². The zero-order valence-corrected chi connectivity index (χ0v) is 13.6. The van der Waals surface area contributed by atoms with E-state index < -0.39 is 0 Å². The number of imidazole rings is 1. The topological polar surface area (TPSA) is 43.8 Å². The van der Waals surface area contributed by atoms with Crippen molar-refractivity contribution in [3.8, 4) is 5.69 Å². The Morgan fingerprint density at radius 2 is 1.90 bits per heavy atom. The molecule has 0 aliphatic rings. The Balaban J connectivity index is 2.38. The average Bonchev–Trinajstić information content (AvgIpc) is 2.78.